The lowest BCUT2D eigenvalue weighted by Gasteiger charge is -2.29. The minimum atomic E-state index is -0.433. The van der Waals surface area contributed by atoms with Gasteiger partial charge in [-0.2, -0.15) is 0 Å². The Balaban J connectivity index is 1.68. The maximum absolute atomic E-state index is 13.2. The van der Waals surface area contributed by atoms with Crippen molar-refractivity contribution in [3.63, 3.8) is 0 Å². The second-order valence-corrected chi connectivity index (χ2v) is 7.50. The first-order valence-corrected chi connectivity index (χ1v) is 9.39. The van der Waals surface area contributed by atoms with Crippen molar-refractivity contribution in [3.05, 3.63) is 55.8 Å². The molecule has 0 unspecified atom stereocenters. The number of non-ortho nitro benzene ring substituents is 1. The lowest BCUT2D eigenvalue weighted by Crippen LogP contribution is -2.36. The number of hydrogen-bond donors (Lipinski definition) is 0. The fraction of sp³-hybridized carbons (Fsp3) is 0.389. The van der Waals surface area contributed by atoms with Crippen LogP contribution in [0.1, 0.15) is 33.6 Å². The van der Waals surface area contributed by atoms with E-state index in [1.807, 2.05) is 4.90 Å². The molecule has 1 amide bonds. The van der Waals surface area contributed by atoms with E-state index in [9.17, 15) is 14.9 Å². The predicted molar refractivity (Wildman–Crippen MR) is 97.3 cm³/mol. The normalized spacial score (nSPS) is 16.8. The number of benzene rings is 1. The summed E-state index contributed by atoms with van der Waals surface area (Å²) < 4.78 is 0. The molecule has 1 fully saturated rings. The van der Waals surface area contributed by atoms with Gasteiger partial charge >= 0.3 is 0 Å². The Bertz CT molecular complexity index is 827. The molecule has 4 rings (SSSR count). The lowest BCUT2D eigenvalue weighted by molar-refractivity contribution is -0.384. The Hall–Kier alpha value is -2.41. The molecule has 0 radical (unpaired) electrons. The minimum absolute atomic E-state index is 0.0282. The van der Waals surface area contributed by atoms with Crippen molar-refractivity contribution in [2.45, 2.75) is 25.8 Å². The molecule has 3 heterocycles. The van der Waals surface area contributed by atoms with Gasteiger partial charge in [-0.3, -0.25) is 14.9 Å². The zero-order valence-electron chi connectivity index (χ0n) is 13.8. The fourth-order valence-electron chi connectivity index (χ4n) is 3.63. The molecule has 2 aromatic rings. The van der Waals surface area contributed by atoms with Crippen LogP contribution in [0.2, 0.25) is 0 Å². The smallest absolute Gasteiger partial charge is 0.270 e. The zero-order valence-corrected chi connectivity index (χ0v) is 14.6. The van der Waals surface area contributed by atoms with Gasteiger partial charge in [-0.05, 0) is 42.3 Å². The van der Waals surface area contributed by atoms with Crippen LogP contribution >= 0.6 is 11.3 Å². The van der Waals surface area contributed by atoms with Crippen molar-refractivity contribution in [3.8, 4) is 0 Å². The van der Waals surface area contributed by atoms with Crippen LogP contribution in [-0.4, -0.2) is 35.4 Å². The van der Waals surface area contributed by atoms with Crippen molar-refractivity contribution in [1.29, 1.82) is 0 Å². The van der Waals surface area contributed by atoms with E-state index in [4.69, 9.17) is 0 Å². The summed E-state index contributed by atoms with van der Waals surface area (Å²) >= 11 is 1.73. The van der Waals surface area contributed by atoms with Crippen LogP contribution in [0.25, 0.3) is 0 Å². The molecule has 0 bridgehead atoms. The average Bonchev–Trinajstić information content (AvgIpc) is 3.31. The second-order valence-electron chi connectivity index (χ2n) is 6.50. The van der Waals surface area contributed by atoms with Crippen molar-refractivity contribution in [2.75, 3.05) is 24.5 Å². The molecule has 0 aliphatic carbocycles. The number of rotatable bonds is 3. The standard InChI is InChI=1S/C18H19N3O3S/c22-18(20-9-5-17-13(12-20)6-10-25-17)15-11-14(21(23)24)3-4-16(15)19-7-1-2-8-19/h3-4,6,10-11H,1-2,5,7-9,12H2. The van der Waals surface area contributed by atoms with Crippen LogP contribution in [0.3, 0.4) is 0 Å². The van der Waals surface area contributed by atoms with E-state index in [0.717, 1.165) is 38.0 Å². The molecule has 1 aromatic carbocycles. The first kappa shape index (κ1) is 16.1. The molecule has 0 spiro atoms. The monoisotopic (exact) mass is 357 g/mol. The molecule has 6 nitrogen and oxygen atoms in total. The third-order valence-corrected chi connectivity index (χ3v) is 5.99. The summed E-state index contributed by atoms with van der Waals surface area (Å²) in [6.07, 6.45) is 3.03. The summed E-state index contributed by atoms with van der Waals surface area (Å²) in [5.74, 6) is -0.109. The SMILES string of the molecule is O=C(c1cc([N+](=O)[O-])ccc1N1CCCC1)N1CCc2sccc2C1. The Morgan fingerprint density at radius 1 is 1.16 bits per heavy atom. The van der Waals surface area contributed by atoms with E-state index in [0.29, 0.717) is 18.7 Å². The largest absolute Gasteiger partial charge is 0.371 e. The van der Waals surface area contributed by atoms with Crippen LogP contribution in [0, 0.1) is 10.1 Å². The first-order chi connectivity index (χ1) is 12.1. The van der Waals surface area contributed by atoms with Gasteiger partial charge < -0.3 is 9.80 Å². The quantitative estimate of drug-likeness (QED) is 0.623. The number of nitro groups is 1. The van der Waals surface area contributed by atoms with Gasteiger partial charge in [-0.15, -0.1) is 11.3 Å². The summed E-state index contributed by atoms with van der Waals surface area (Å²) in [7, 11) is 0. The van der Waals surface area contributed by atoms with Crippen LogP contribution in [0.15, 0.2) is 29.6 Å². The molecule has 0 atom stereocenters. The summed E-state index contributed by atoms with van der Waals surface area (Å²) in [6, 6.07) is 6.74. The number of thiophene rings is 1. The molecular formula is C18H19N3O3S. The Morgan fingerprint density at radius 3 is 2.72 bits per heavy atom. The maximum atomic E-state index is 13.2. The third-order valence-electron chi connectivity index (χ3n) is 4.96. The zero-order chi connectivity index (χ0) is 17.4. The van der Waals surface area contributed by atoms with E-state index in [2.05, 4.69) is 16.3 Å². The van der Waals surface area contributed by atoms with Gasteiger partial charge in [0, 0.05) is 43.2 Å². The predicted octanol–water partition coefficient (Wildman–Crippen LogP) is 3.46. The van der Waals surface area contributed by atoms with E-state index < -0.39 is 4.92 Å². The van der Waals surface area contributed by atoms with Gasteiger partial charge in [-0.1, -0.05) is 0 Å². The van der Waals surface area contributed by atoms with Crippen LogP contribution in [0.4, 0.5) is 11.4 Å². The molecule has 25 heavy (non-hydrogen) atoms. The highest BCUT2D eigenvalue weighted by Crippen LogP contribution is 2.31. The second kappa shape index (κ2) is 6.48. The van der Waals surface area contributed by atoms with Crippen LogP contribution in [-0.2, 0) is 13.0 Å². The maximum Gasteiger partial charge on any atom is 0.270 e. The number of nitrogens with zero attached hydrogens (tertiary/aromatic N) is 3. The van der Waals surface area contributed by atoms with Gasteiger partial charge in [-0.25, -0.2) is 0 Å². The first-order valence-electron chi connectivity index (χ1n) is 8.51. The van der Waals surface area contributed by atoms with Gasteiger partial charge in [0.05, 0.1) is 16.2 Å². The third kappa shape index (κ3) is 3.00. The van der Waals surface area contributed by atoms with Crippen LogP contribution in [0.5, 0.6) is 0 Å². The molecule has 0 N–H and O–H groups in total. The van der Waals surface area contributed by atoms with Crippen molar-refractivity contribution in [1.82, 2.24) is 4.90 Å². The molecule has 2 aliphatic heterocycles. The Labute approximate surface area is 149 Å². The minimum Gasteiger partial charge on any atom is -0.371 e. The van der Waals surface area contributed by atoms with E-state index in [1.54, 1.807) is 17.4 Å². The summed E-state index contributed by atoms with van der Waals surface area (Å²) in [4.78, 5) is 29.2. The topological polar surface area (TPSA) is 66.7 Å². The molecule has 1 aromatic heterocycles. The van der Waals surface area contributed by atoms with Gasteiger partial charge in [0.1, 0.15) is 0 Å². The number of fused-ring (bicyclic) bond motifs is 1. The summed E-state index contributed by atoms with van der Waals surface area (Å²) in [5.41, 5.74) is 2.44. The molecule has 2 aliphatic rings. The number of carbonyl (C=O) groups excluding carboxylic acids is 1. The average molecular weight is 357 g/mol. The molecular weight excluding hydrogens is 338 g/mol. The summed E-state index contributed by atoms with van der Waals surface area (Å²) in [6.45, 7) is 3.04. The number of carbonyl (C=O) groups is 1. The van der Waals surface area contributed by atoms with Crippen molar-refractivity contribution in [2.24, 2.45) is 0 Å². The number of nitro benzene ring substituents is 1. The van der Waals surface area contributed by atoms with Crippen molar-refractivity contribution >= 4 is 28.6 Å². The van der Waals surface area contributed by atoms with Crippen molar-refractivity contribution < 1.29 is 9.72 Å². The Kier molecular flexibility index (Phi) is 4.17. The highest BCUT2D eigenvalue weighted by atomic mass is 32.1. The van der Waals surface area contributed by atoms with Gasteiger partial charge in [0.15, 0.2) is 0 Å². The molecule has 7 heteroatoms. The van der Waals surface area contributed by atoms with E-state index in [-0.39, 0.29) is 11.6 Å². The number of hydrogen-bond acceptors (Lipinski definition) is 5. The van der Waals surface area contributed by atoms with Crippen LogP contribution < -0.4 is 4.90 Å². The van der Waals surface area contributed by atoms with E-state index in [1.165, 1.54) is 22.6 Å². The number of amides is 1. The highest BCUT2D eigenvalue weighted by Gasteiger charge is 2.28. The highest BCUT2D eigenvalue weighted by molar-refractivity contribution is 7.10. The van der Waals surface area contributed by atoms with Gasteiger partial charge in [0.2, 0.25) is 0 Å². The molecule has 1 saturated heterocycles. The van der Waals surface area contributed by atoms with E-state index >= 15 is 0 Å². The lowest BCUT2D eigenvalue weighted by atomic mass is 10.1. The Morgan fingerprint density at radius 2 is 1.96 bits per heavy atom. The molecule has 130 valence electrons. The number of anilines is 1. The summed E-state index contributed by atoms with van der Waals surface area (Å²) in [5, 5.41) is 13.2. The fourth-order valence-corrected chi connectivity index (χ4v) is 4.52. The van der Waals surface area contributed by atoms with Gasteiger partial charge in [0.25, 0.3) is 11.6 Å². The molecule has 0 saturated carbocycles.